The summed E-state index contributed by atoms with van der Waals surface area (Å²) in [4.78, 5) is 6.92. The molecule has 1 aromatic rings. The number of nitrogens with zero attached hydrogens (tertiary/aromatic N) is 2. The lowest BCUT2D eigenvalue weighted by Gasteiger charge is -2.29. The van der Waals surface area contributed by atoms with Crippen molar-refractivity contribution in [3.8, 4) is 0 Å². The molecular weight excluding hydrogens is 256 g/mol. The van der Waals surface area contributed by atoms with Crippen LogP contribution >= 0.6 is 11.6 Å². The summed E-state index contributed by atoms with van der Waals surface area (Å²) in [5.74, 6) is 0.838. The van der Waals surface area contributed by atoms with Gasteiger partial charge in [-0.25, -0.2) is 0 Å². The third kappa shape index (κ3) is 4.47. The molecule has 1 unspecified atom stereocenters. The highest BCUT2D eigenvalue weighted by Crippen LogP contribution is 2.34. The summed E-state index contributed by atoms with van der Waals surface area (Å²) in [5, 5.41) is 0.785. The van der Waals surface area contributed by atoms with Crippen molar-refractivity contribution in [2.24, 2.45) is 11.3 Å². The van der Waals surface area contributed by atoms with E-state index in [1.807, 2.05) is 12.1 Å². The Kier molecular flexibility index (Phi) is 4.86. The summed E-state index contributed by atoms with van der Waals surface area (Å²) >= 11 is 6.02. The molecule has 2 heterocycles. The third-order valence-electron chi connectivity index (χ3n) is 4.21. The van der Waals surface area contributed by atoms with Gasteiger partial charge in [-0.1, -0.05) is 32.4 Å². The van der Waals surface area contributed by atoms with Gasteiger partial charge < -0.3 is 0 Å². The van der Waals surface area contributed by atoms with Crippen molar-refractivity contribution in [3.63, 3.8) is 0 Å². The second kappa shape index (κ2) is 6.23. The lowest BCUT2D eigenvalue weighted by molar-refractivity contribution is 0.206. The minimum absolute atomic E-state index is 0.435. The zero-order valence-electron chi connectivity index (χ0n) is 12.3. The summed E-state index contributed by atoms with van der Waals surface area (Å²) < 4.78 is 0. The normalized spacial score (nSPS) is 22.2. The number of hydrogen-bond acceptors (Lipinski definition) is 2. The molecule has 106 valence electrons. The van der Waals surface area contributed by atoms with Crippen LogP contribution in [0.5, 0.6) is 0 Å². The summed E-state index contributed by atoms with van der Waals surface area (Å²) in [6, 6.07) is 3.82. The molecule has 1 aromatic heterocycles. The summed E-state index contributed by atoms with van der Waals surface area (Å²) in [5.41, 5.74) is 1.52. The molecule has 0 amide bonds. The van der Waals surface area contributed by atoms with Gasteiger partial charge in [-0.3, -0.25) is 9.88 Å². The largest absolute Gasteiger partial charge is 0.298 e. The van der Waals surface area contributed by atoms with Crippen LogP contribution < -0.4 is 0 Å². The van der Waals surface area contributed by atoms with E-state index in [0.717, 1.165) is 23.2 Å². The van der Waals surface area contributed by atoms with E-state index >= 15 is 0 Å². The quantitative estimate of drug-likeness (QED) is 0.799. The standard InChI is InChI=1S/C16H25ClN2/c1-16(2,3)13-5-4-9-19(10-7-13)12-15-11-14(17)6-8-18-15/h6,8,11,13H,4-5,7,9-10,12H2,1-3H3. The molecule has 1 aliphatic heterocycles. The van der Waals surface area contributed by atoms with Crippen LogP contribution in [0.15, 0.2) is 18.3 Å². The predicted molar refractivity (Wildman–Crippen MR) is 81.3 cm³/mol. The van der Waals surface area contributed by atoms with Crippen LogP contribution in [0.4, 0.5) is 0 Å². The average Bonchev–Trinajstić information content (AvgIpc) is 2.54. The minimum Gasteiger partial charge on any atom is -0.298 e. The smallest absolute Gasteiger partial charge is 0.0558 e. The van der Waals surface area contributed by atoms with Crippen LogP contribution in [0, 0.1) is 11.3 Å². The van der Waals surface area contributed by atoms with Crippen molar-refractivity contribution < 1.29 is 0 Å². The molecule has 0 aliphatic carbocycles. The number of likely N-dealkylation sites (tertiary alicyclic amines) is 1. The Balaban J connectivity index is 1.93. The molecule has 3 heteroatoms. The maximum Gasteiger partial charge on any atom is 0.0558 e. The van der Waals surface area contributed by atoms with Gasteiger partial charge in [-0.15, -0.1) is 0 Å². The first-order valence-corrected chi connectivity index (χ1v) is 7.66. The second-order valence-corrected chi connectivity index (χ2v) is 7.17. The average molecular weight is 281 g/mol. The van der Waals surface area contributed by atoms with Crippen molar-refractivity contribution in [1.82, 2.24) is 9.88 Å². The Morgan fingerprint density at radius 2 is 2.11 bits per heavy atom. The van der Waals surface area contributed by atoms with Gasteiger partial charge in [0.05, 0.1) is 5.69 Å². The summed E-state index contributed by atoms with van der Waals surface area (Å²) in [6.07, 6.45) is 5.74. The Labute approximate surface area is 122 Å². The lowest BCUT2D eigenvalue weighted by atomic mass is 9.77. The Hall–Kier alpha value is -0.600. The Bertz CT molecular complexity index is 411. The van der Waals surface area contributed by atoms with E-state index in [1.54, 1.807) is 6.20 Å². The molecule has 1 saturated heterocycles. The number of rotatable bonds is 2. The maximum absolute atomic E-state index is 6.02. The summed E-state index contributed by atoms with van der Waals surface area (Å²) in [6.45, 7) is 10.4. The molecule has 0 saturated carbocycles. The Morgan fingerprint density at radius 3 is 2.79 bits per heavy atom. The zero-order chi connectivity index (χ0) is 13.9. The van der Waals surface area contributed by atoms with E-state index in [4.69, 9.17) is 11.6 Å². The van der Waals surface area contributed by atoms with Gasteiger partial charge in [0.15, 0.2) is 0 Å². The van der Waals surface area contributed by atoms with Gasteiger partial charge in [0.25, 0.3) is 0 Å². The van der Waals surface area contributed by atoms with Crippen LogP contribution in [0.1, 0.15) is 45.7 Å². The molecule has 1 fully saturated rings. The van der Waals surface area contributed by atoms with Gasteiger partial charge in [-0.2, -0.15) is 0 Å². The Morgan fingerprint density at radius 1 is 1.32 bits per heavy atom. The van der Waals surface area contributed by atoms with Crippen molar-refractivity contribution >= 4 is 11.6 Å². The lowest BCUT2D eigenvalue weighted by Crippen LogP contribution is -2.26. The molecule has 0 bridgehead atoms. The molecule has 1 atom stereocenters. The molecular formula is C16H25ClN2. The molecule has 0 spiro atoms. The molecule has 0 N–H and O–H groups in total. The van der Waals surface area contributed by atoms with Gasteiger partial charge in [0.2, 0.25) is 0 Å². The highest BCUT2D eigenvalue weighted by atomic mass is 35.5. The number of pyridine rings is 1. The maximum atomic E-state index is 6.02. The highest BCUT2D eigenvalue weighted by Gasteiger charge is 2.27. The van der Waals surface area contributed by atoms with Crippen LogP contribution in [-0.4, -0.2) is 23.0 Å². The highest BCUT2D eigenvalue weighted by molar-refractivity contribution is 6.30. The van der Waals surface area contributed by atoms with Crippen molar-refractivity contribution in [3.05, 3.63) is 29.0 Å². The SMILES string of the molecule is CC(C)(C)C1CCCN(Cc2cc(Cl)ccn2)CC1. The van der Waals surface area contributed by atoms with E-state index in [9.17, 15) is 0 Å². The molecule has 1 aliphatic rings. The fourth-order valence-corrected chi connectivity index (χ4v) is 3.13. The first-order valence-electron chi connectivity index (χ1n) is 7.28. The fraction of sp³-hybridized carbons (Fsp3) is 0.688. The first kappa shape index (κ1) is 14.8. The van der Waals surface area contributed by atoms with Gasteiger partial charge in [-0.05, 0) is 55.8 Å². The van der Waals surface area contributed by atoms with E-state index in [1.165, 1.54) is 32.4 Å². The van der Waals surface area contributed by atoms with Crippen LogP contribution in [-0.2, 0) is 6.54 Å². The number of aromatic nitrogens is 1. The van der Waals surface area contributed by atoms with Crippen molar-refractivity contribution in [2.75, 3.05) is 13.1 Å². The van der Waals surface area contributed by atoms with Gasteiger partial charge >= 0.3 is 0 Å². The predicted octanol–water partition coefficient (Wildman–Crippen LogP) is 4.38. The van der Waals surface area contributed by atoms with E-state index in [0.29, 0.717) is 5.41 Å². The van der Waals surface area contributed by atoms with Crippen LogP contribution in [0.2, 0.25) is 5.02 Å². The molecule has 0 aromatic carbocycles. The van der Waals surface area contributed by atoms with E-state index in [2.05, 4.69) is 30.7 Å². The van der Waals surface area contributed by atoms with Crippen molar-refractivity contribution in [1.29, 1.82) is 0 Å². The van der Waals surface area contributed by atoms with E-state index in [-0.39, 0.29) is 0 Å². The third-order valence-corrected chi connectivity index (χ3v) is 4.44. The summed E-state index contributed by atoms with van der Waals surface area (Å²) in [7, 11) is 0. The first-order chi connectivity index (χ1) is 8.95. The number of hydrogen-bond donors (Lipinski definition) is 0. The topological polar surface area (TPSA) is 16.1 Å². The van der Waals surface area contributed by atoms with Crippen molar-refractivity contribution in [2.45, 2.75) is 46.6 Å². The van der Waals surface area contributed by atoms with Gasteiger partial charge in [0, 0.05) is 17.8 Å². The van der Waals surface area contributed by atoms with Crippen LogP contribution in [0.25, 0.3) is 0 Å². The molecule has 19 heavy (non-hydrogen) atoms. The van der Waals surface area contributed by atoms with E-state index < -0.39 is 0 Å². The van der Waals surface area contributed by atoms with Crippen LogP contribution in [0.3, 0.4) is 0 Å². The monoisotopic (exact) mass is 280 g/mol. The van der Waals surface area contributed by atoms with Gasteiger partial charge in [0.1, 0.15) is 0 Å². The number of halogens is 1. The molecule has 0 radical (unpaired) electrons. The fourth-order valence-electron chi connectivity index (χ4n) is 2.94. The zero-order valence-corrected chi connectivity index (χ0v) is 13.1. The minimum atomic E-state index is 0.435. The molecule has 2 rings (SSSR count). The molecule has 2 nitrogen and oxygen atoms in total. The second-order valence-electron chi connectivity index (χ2n) is 6.74.